The van der Waals surface area contributed by atoms with Crippen LogP contribution in [0.5, 0.6) is 5.75 Å². The maximum atomic E-state index is 10.3. The molecular weight excluding hydrogens is 274 g/mol. The van der Waals surface area contributed by atoms with Gasteiger partial charge in [-0.3, -0.25) is 0 Å². The molecule has 2 rings (SSSR count). The van der Waals surface area contributed by atoms with Crippen molar-refractivity contribution in [3.8, 4) is 5.75 Å². The number of rotatable bonds is 9. The smallest absolute Gasteiger partial charge is 0.125 e. The van der Waals surface area contributed by atoms with Crippen LogP contribution in [-0.4, -0.2) is 42.4 Å². The Labute approximate surface area is 135 Å². The van der Waals surface area contributed by atoms with Crippen LogP contribution in [0, 0.1) is 26.7 Å². The van der Waals surface area contributed by atoms with Crippen LogP contribution in [0.1, 0.15) is 42.9 Å². The van der Waals surface area contributed by atoms with Crippen LogP contribution < -0.4 is 4.74 Å². The molecule has 0 amide bonds. The van der Waals surface area contributed by atoms with E-state index in [2.05, 4.69) is 44.7 Å². The molecule has 3 nitrogen and oxygen atoms in total. The molecule has 1 aromatic carbocycles. The van der Waals surface area contributed by atoms with Gasteiger partial charge >= 0.3 is 0 Å². The molecule has 0 aliphatic heterocycles. The summed E-state index contributed by atoms with van der Waals surface area (Å²) in [6, 6.07) is 4.20. The predicted molar refractivity (Wildman–Crippen MR) is 91.6 cm³/mol. The van der Waals surface area contributed by atoms with E-state index in [4.69, 9.17) is 4.74 Å². The molecule has 1 atom stereocenters. The maximum absolute atomic E-state index is 10.3. The molecule has 22 heavy (non-hydrogen) atoms. The van der Waals surface area contributed by atoms with E-state index in [-0.39, 0.29) is 0 Å². The summed E-state index contributed by atoms with van der Waals surface area (Å²) in [6.45, 7) is 11.7. The molecule has 124 valence electrons. The number of benzene rings is 1. The van der Waals surface area contributed by atoms with Crippen molar-refractivity contribution in [1.82, 2.24) is 4.90 Å². The van der Waals surface area contributed by atoms with E-state index < -0.39 is 6.10 Å². The third-order valence-electron chi connectivity index (χ3n) is 4.52. The molecule has 1 aliphatic carbocycles. The van der Waals surface area contributed by atoms with Gasteiger partial charge in [0.25, 0.3) is 0 Å². The van der Waals surface area contributed by atoms with E-state index in [9.17, 15) is 5.11 Å². The van der Waals surface area contributed by atoms with E-state index in [1.54, 1.807) is 0 Å². The van der Waals surface area contributed by atoms with Gasteiger partial charge in [0.05, 0.1) is 0 Å². The highest BCUT2D eigenvalue weighted by Gasteiger charge is 2.25. The van der Waals surface area contributed by atoms with E-state index in [1.165, 1.54) is 24.0 Å². The normalized spacial score (nSPS) is 16.1. The lowest BCUT2D eigenvalue weighted by Gasteiger charge is -2.25. The molecule has 0 saturated heterocycles. The molecular formula is C19H31NO2. The molecule has 0 spiro atoms. The Morgan fingerprint density at radius 2 is 1.91 bits per heavy atom. The van der Waals surface area contributed by atoms with Gasteiger partial charge in [0.1, 0.15) is 18.5 Å². The van der Waals surface area contributed by atoms with Crippen LogP contribution in [0.15, 0.2) is 12.1 Å². The number of nitrogens with zero attached hydrogens (tertiary/aromatic N) is 1. The van der Waals surface area contributed by atoms with Gasteiger partial charge in [0.15, 0.2) is 0 Å². The first-order chi connectivity index (χ1) is 10.5. The molecule has 1 aliphatic rings. The Bertz CT molecular complexity index is 483. The van der Waals surface area contributed by atoms with E-state index >= 15 is 0 Å². The van der Waals surface area contributed by atoms with Crippen LogP contribution in [-0.2, 0) is 0 Å². The van der Waals surface area contributed by atoms with Gasteiger partial charge in [-0.25, -0.2) is 0 Å². The largest absolute Gasteiger partial charge is 0.490 e. The average Bonchev–Trinajstić information content (AvgIpc) is 3.27. The second-order valence-electron chi connectivity index (χ2n) is 6.82. The number of hydrogen-bond acceptors (Lipinski definition) is 3. The maximum Gasteiger partial charge on any atom is 0.125 e. The van der Waals surface area contributed by atoms with E-state index in [0.717, 1.165) is 36.7 Å². The Morgan fingerprint density at radius 1 is 1.23 bits per heavy atom. The summed E-state index contributed by atoms with van der Waals surface area (Å²) in [5.74, 6) is 1.80. The Balaban J connectivity index is 1.86. The summed E-state index contributed by atoms with van der Waals surface area (Å²) in [4.78, 5) is 2.39. The molecule has 0 bridgehead atoms. The Kier molecular flexibility index (Phi) is 6.27. The fourth-order valence-electron chi connectivity index (χ4n) is 2.92. The van der Waals surface area contributed by atoms with Gasteiger partial charge < -0.3 is 14.7 Å². The average molecular weight is 305 g/mol. The van der Waals surface area contributed by atoms with Crippen molar-refractivity contribution in [2.45, 2.75) is 53.1 Å². The van der Waals surface area contributed by atoms with Crippen molar-refractivity contribution >= 4 is 0 Å². The van der Waals surface area contributed by atoms with Crippen molar-refractivity contribution in [2.24, 2.45) is 5.92 Å². The second-order valence-corrected chi connectivity index (χ2v) is 6.82. The van der Waals surface area contributed by atoms with Gasteiger partial charge in [-0.2, -0.15) is 0 Å². The minimum absolute atomic E-state index is 0.371. The predicted octanol–water partition coefficient (Wildman–Crippen LogP) is 3.47. The highest BCUT2D eigenvalue weighted by molar-refractivity contribution is 5.44. The zero-order chi connectivity index (χ0) is 16.1. The molecule has 3 heteroatoms. The molecule has 0 heterocycles. The molecule has 1 aromatic rings. The first-order valence-corrected chi connectivity index (χ1v) is 8.61. The topological polar surface area (TPSA) is 32.7 Å². The summed E-state index contributed by atoms with van der Waals surface area (Å²) >= 11 is 0. The molecule has 1 saturated carbocycles. The third kappa shape index (κ3) is 4.99. The van der Waals surface area contributed by atoms with Crippen LogP contribution >= 0.6 is 0 Å². The van der Waals surface area contributed by atoms with Crippen LogP contribution in [0.4, 0.5) is 0 Å². The molecule has 1 N–H and O–H groups in total. The second kappa shape index (κ2) is 7.98. The SMILES string of the molecule is CCCN(CC(O)COc1c(C)ccc(C)c1C)CC1CC1. The van der Waals surface area contributed by atoms with Crippen molar-refractivity contribution < 1.29 is 9.84 Å². The minimum Gasteiger partial charge on any atom is -0.490 e. The zero-order valence-electron chi connectivity index (χ0n) is 14.6. The number of ether oxygens (including phenoxy) is 1. The summed E-state index contributed by atoms with van der Waals surface area (Å²) in [5, 5.41) is 10.3. The van der Waals surface area contributed by atoms with Gasteiger partial charge in [-0.15, -0.1) is 0 Å². The first-order valence-electron chi connectivity index (χ1n) is 8.61. The number of aryl methyl sites for hydroxylation is 2. The van der Waals surface area contributed by atoms with Gasteiger partial charge in [-0.1, -0.05) is 19.1 Å². The molecule has 0 radical (unpaired) electrons. The highest BCUT2D eigenvalue weighted by Crippen LogP contribution is 2.30. The Hall–Kier alpha value is -1.06. The van der Waals surface area contributed by atoms with Crippen LogP contribution in [0.2, 0.25) is 0 Å². The zero-order valence-corrected chi connectivity index (χ0v) is 14.6. The Morgan fingerprint density at radius 3 is 2.55 bits per heavy atom. The highest BCUT2D eigenvalue weighted by atomic mass is 16.5. The lowest BCUT2D eigenvalue weighted by Crippen LogP contribution is -2.37. The minimum atomic E-state index is -0.426. The van der Waals surface area contributed by atoms with Gasteiger partial charge in [0.2, 0.25) is 0 Å². The quantitative estimate of drug-likeness (QED) is 0.758. The number of aliphatic hydroxyl groups is 1. The summed E-state index contributed by atoms with van der Waals surface area (Å²) in [6.07, 6.45) is 3.42. The van der Waals surface area contributed by atoms with Crippen molar-refractivity contribution in [3.05, 3.63) is 28.8 Å². The van der Waals surface area contributed by atoms with Crippen LogP contribution in [0.3, 0.4) is 0 Å². The summed E-state index contributed by atoms with van der Waals surface area (Å²) in [7, 11) is 0. The lowest BCUT2D eigenvalue weighted by molar-refractivity contribution is 0.0661. The fraction of sp³-hybridized carbons (Fsp3) is 0.684. The fourth-order valence-corrected chi connectivity index (χ4v) is 2.92. The summed E-state index contributed by atoms with van der Waals surface area (Å²) in [5.41, 5.74) is 3.55. The van der Waals surface area contributed by atoms with Crippen molar-refractivity contribution in [3.63, 3.8) is 0 Å². The van der Waals surface area contributed by atoms with E-state index in [1.807, 2.05) is 0 Å². The monoisotopic (exact) mass is 305 g/mol. The van der Waals surface area contributed by atoms with Gasteiger partial charge in [0, 0.05) is 13.1 Å². The molecule has 1 fully saturated rings. The number of aliphatic hydroxyl groups excluding tert-OH is 1. The molecule has 0 aromatic heterocycles. The third-order valence-corrected chi connectivity index (χ3v) is 4.52. The van der Waals surface area contributed by atoms with Gasteiger partial charge in [-0.05, 0) is 69.2 Å². The number of hydrogen-bond donors (Lipinski definition) is 1. The molecule has 1 unspecified atom stereocenters. The van der Waals surface area contributed by atoms with Crippen molar-refractivity contribution in [1.29, 1.82) is 0 Å². The lowest BCUT2D eigenvalue weighted by atomic mass is 10.1. The van der Waals surface area contributed by atoms with Crippen LogP contribution in [0.25, 0.3) is 0 Å². The van der Waals surface area contributed by atoms with Crippen molar-refractivity contribution in [2.75, 3.05) is 26.2 Å². The first kappa shape index (κ1) is 17.3. The summed E-state index contributed by atoms with van der Waals surface area (Å²) < 4.78 is 5.93. The van der Waals surface area contributed by atoms with E-state index in [0.29, 0.717) is 13.2 Å². The standard InChI is InChI=1S/C19H31NO2/c1-5-10-20(11-17-8-9-17)12-18(21)13-22-19-15(3)7-6-14(2)16(19)4/h6-7,17-18,21H,5,8-13H2,1-4H3.